The van der Waals surface area contributed by atoms with Gasteiger partial charge < -0.3 is 0 Å². The molecule has 0 bridgehead atoms. The van der Waals surface area contributed by atoms with E-state index in [1.807, 2.05) is 6.92 Å². The minimum absolute atomic E-state index is 0.290. The topological polar surface area (TPSA) is 12.9 Å². The van der Waals surface area contributed by atoms with Crippen LogP contribution in [0.2, 0.25) is 5.02 Å². The fraction of sp³-hybridized carbons (Fsp3) is 0.100. The van der Waals surface area contributed by atoms with Crippen LogP contribution in [0.1, 0.15) is 5.56 Å². The molecule has 0 radical (unpaired) electrons. The summed E-state index contributed by atoms with van der Waals surface area (Å²) in [7, 11) is 0. The predicted molar refractivity (Wildman–Crippen MR) is 51.4 cm³/mol. The van der Waals surface area contributed by atoms with Crippen LogP contribution in [0.25, 0.3) is 10.9 Å². The molecular weight excluding hydrogens is 189 g/mol. The monoisotopic (exact) mass is 195 g/mol. The van der Waals surface area contributed by atoms with Crippen molar-refractivity contribution in [3.8, 4) is 0 Å². The Morgan fingerprint density at radius 3 is 2.92 bits per heavy atom. The molecule has 2 aromatic rings. The van der Waals surface area contributed by atoms with Gasteiger partial charge in [0.2, 0.25) is 0 Å². The number of fused-ring (bicyclic) bond motifs is 1. The first-order valence-electron chi connectivity index (χ1n) is 3.89. The van der Waals surface area contributed by atoms with E-state index in [2.05, 4.69) is 4.98 Å². The molecule has 1 heterocycles. The number of aryl methyl sites for hydroxylation is 1. The Hall–Kier alpha value is -1.15. The second-order valence-corrected chi connectivity index (χ2v) is 3.29. The Morgan fingerprint density at radius 2 is 2.15 bits per heavy atom. The molecule has 1 aromatic carbocycles. The molecule has 0 amide bonds. The minimum Gasteiger partial charge on any atom is -0.256 e. The molecule has 0 saturated heterocycles. The molecule has 0 aliphatic carbocycles. The van der Waals surface area contributed by atoms with Gasteiger partial charge in [-0.3, -0.25) is 4.98 Å². The van der Waals surface area contributed by atoms with Crippen LogP contribution in [0.5, 0.6) is 0 Å². The van der Waals surface area contributed by atoms with E-state index in [0.29, 0.717) is 10.4 Å². The zero-order valence-electron chi connectivity index (χ0n) is 7.01. The Morgan fingerprint density at radius 1 is 1.38 bits per heavy atom. The van der Waals surface area contributed by atoms with Crippen LogP contribution in [-0.4, -0.2) is 4.98 Å². The zero-order chi connectivity index (χ0) is 9.42. The van der Waals surface area contributed by atoms with E-state index in [1.165, 1.54) is 12.1 Å². The van der Waals surface area contributed by atoms with Crippen LogP contribution in [0, 0.1) is 12.7 Å². The number of benzene rings is 1. The Kier molecular flexibility index (Phi) is 1.93. The SMILES string of the molecule is Cc1cnc2ccc(F)cc2c1Cl. The summed E-state index contributed by atoms with van der Waals surface area (Å²) < 4.78 is 12.9. The molecule has 0 N–H and O–H groups in total. The summed E-state index contributed by atoms with van der Waals surface area (Å²) in [4.78, 5) is 4.13. The molecular formula is C10H7ClFN. The van der Waals surface area contributed by atoms with E-state index in [-0.39, 0.29) is 5.82 Å². The molecule has 13 heavy (non-hydrogen) atoms. The molecule has 1 aromatic heterocycles. The van der Waals surface area contributed by atoms with Gasteiger partial charge in [-0.15, -0.1) is 0 Å². The highest BCUT2D eigenvalue weighted by molar-refractivity contribution is 6.36. The quantitative estimate of drug-likeness (QED) is 0.628. The van der Waals surface area contributed by atoms with Crippen molar-refractivity contribution in [2.45, 2.75) is 6.92 Å². The molecule has 0 saturated carbocycles. The summed E-state index contributed by atoms with van der Waals surface area (Å²) in [5, 5.41) is 1.24. The van der Waals surface area contributed by atoms with Crippen molar-refractivity contribution in [3.63, 3.8) is 0 Å². The first-order chi connectivity index (χ1) is 6.18. The lowest BCUT2D eigenvalue weighted by Gasteiger charge is -2.02. The van der Waals surface area contributed by atoms with Gasteiger partial charge in [0.1, 0.15) is 5.82 Å². The van der Waals surface area contributed by atoms with E-state index in [9.17, 15) is 4.39 Å². The molecule has 0 atom stereocenters. The summed E-state index contributed by atoms with van der Waals surface area (Å²) in [5.41, 5.74) is 1.58. The molecule has 0 spiro atoms. The van der Waals surface area contributed by atoms with E-state index < -0.39 is 0 Å². The van der Waals surface area contributed by atoms with E-state index in [0.717, 1.165) is 11.1 Å². The van der Waals surface area contributed by atoms with Gasteiger partial charge in [0.25, 0.3) is 0 Å². The van der Waals surface area contributed by atoms with Gasteiger partial charge in [-0.05, 0) is 30.7 Å². The van der Waals surface area contributed by atoms with E-state index in [4.69, 9.17) is 11.6 Å². The number of pyridine rings is 1. The third kappa shape index (κ3) is 1.38. The number of hydrogen-bond acceptors (Lipinski definition) is 1. The number of halogens is 2. The van der Waals surface area contributed by atoms with Crippen LogP contribution in [-0.2, 0) is 0 Å². The highest BCUT2D eigenvalue weighted by atomic mass is 35.5. The maximum atomic E-state index is 12.9. The van der Waals surface area contributed by atoms with Crippen molar-refractivity contribution in [2.24, 2.45) is 0 Å². The lowest BCUT2D eigenvalue weighted by molar-refractivity contribution is 0.629. The molecule has 3 heteroatoms. The van der Waals surface area contributed by atoms with Crippen molar-refractivity contribution in [3.05, 3.63) is 40.8 Å². The van der Waals surface area contributed by atoms with Crippen molar-refractivity contribution in [2.75, 3.05) is 0 Å². The van der Waals surface area contributed by atoms with Crippen molar-refractivity contribution in [1.82, 2.24) is 4.98 Å². The highest BCUT2D eigenvalue weighted by Crippen LogP contribution is 2.25. The third-order valence-electron chi connectivity index (χ3n) is 1.94. The van der Waals surface area contributed by atoms with Gasteiger partial charge in [-0.25, -0.2) is 4.39 Å². The van der Waals surface area contributed by atoms with Gasteiger partial charge in [-0.1, -0.05) is 11.6 Å². The number of hydrogen-bond donors (Lipinski definition) is 0. The lowest BCUT2D eigenvalue weighted by Crippen LogP contribution is -1.84. The average Bonchev–Trinajstić information content (AvgIpc) is 2.12. The second-order valence-electron chi connectivity index (χ2n) is 2.92. The second kappa shape index (κ2) is 2.96. The first kappa shape index (κ1) is 8.45. The van der Waals surface area contributed by atoms with Crippen LogP contribution >= 0.6 is 11.6 Å². The Bertz CT molecular complexity index is 462. The standard InChI is InChI=1S/C10H7ClFN/c1-6-5-13-9-3-2-7(12)4-8(9)10(6)11/h2-5H,1H3. The van der Waals surface area contributed by atoms with E-state index >= 15 is 0 Å². The Labute approximate surface area is 80.2 Å². The molecule has 0 aliphatic rings. The van der Waals surface area contributed by atoms with Crippen molar-refractivity contribution >= 4 is 22.5 Å². The molecule has 66 valence electrons. The smallest absolute Gasteiger partial charge is 0.124 e. The molecule has 2 rings (SSSR count). The van der Waals surface area contributed by atoms with Gasteiger partial charge in [0.05, 0.1) is 10.5 Å². The van der Waals surface area contributed by atoms with Crippen LogP contribution in [0.4, 0.5) is 4.39 Å². The summed E-state index contributed by atoms with van der Waals surface area (Å²) in [5.74, 6) is -0.290. The fourth-order valence-corrected chi connectivity index (χ4v) is 1.43. The number of nitrogens with zero attached hydrogens (tertiary/aromatic N) is 1. The largest absolute Gasteiger partial charge is 0.256 e. The Balaban J connectivity index is 2.89. The molecule has 0 fully saturated rings. The normalized spacial score (nSPS) is 10.7. The average molecular weight is 196 g/mol. The molecule has 1 nitrogen and oxygen atoms in total. The van der Waals surface area contributed by atoms with Gasteiger partial charge in [0.15, 0.2) is 0 Å². The summed E-state index contributed by atoms with van der Waals surface area (Å²) in [6, 6.07) is 4.40. The summed E-state index contributed by atoms with van der Waals surface area (Å²) in [6.45, 7) is 1.85. The lowest BCUT2D eigenvalue weighted by atomic mass is 10.2. The minimum atomic E-state index is -0.290. The zero-order valence-corrected chi connectivity index (χ0v) is 7.77. The summed E-state index contributed by atoms with van der Waals surface area (Å²) >= 11 is 5.99. The van der Waals surface area contributed by atoms with Crippen molar-refractivity contribution in [1.29, 1.82) is 0 Å². The number of rotatable bonds is 0. The molecule has 0 unspecified atom stereocenters. The van der Waals surface area contributed by atoms with Crippen LogP contribution < -0.4 is 0 Å². The van der Waals surface area contributed by atoms with Crippen LogP contribution in [0.3, 0.4) is 0 Å². The number of aromatic nitrogens is 1. The summed E-state index contributed by atoms with van der Waals surface area (Å²) in [6.07, 6.45) is 1.68. The van der Waals surface area contributed by atoms with Gasteiger partial charge in [-0.2, -0.15) is 0 Å². The molecule has 0 aliphatic heterocycles. The van der Waals surface area contributed by atoms with Crippen LogP contribution in [0.15, 0.2) is 24.4 Å². The van der Waals surface area contributed by atoms with Gasteiger partial charge in [0, 0.05) is 11.6 Å². The maximum absolute atomic E-state index is 12.9. The predicted octanol–water partition coefficient (Wildman–Crippen LogP) is 3.34. The van der Waals surface area contributed by atoms with Gasteiger partial charge >= 0.3 is 0 Å². The third-order valence-corrected chi connectivity index (χ3v) is 2.44. The van der Waals surface area contributed by atoms with E-state index in [1.54, 1.807) is 12.3 Å². The highest BCUT2D eigenvalue weighted by Gasteiger charge is 2.03. The first-order valence-corrected chi connectivity index (χ1v) is 4.26. The van der Waals surface area contributed by atoms with Crippen molar-refractivity contribution < 1.29 is 4.39 Å². The maximum Gasteiger partial charge on any atom is 0.124 e. The fourth-order valence-electron chi connectivity index (χ4n) is 1.23.